The molecule has 366 valence electrons. The van der Waals surface area contributed by atoms with Crippen LogP contribution in [0.25, 0.3) is 0 Å². The van der Waals surface area contributed by atoms with Crippen LogP contribution in [0, 0.1) is 0 Å². The second-order valence-corrected chi connectivity index (χ2v) is 20.6. The lowest BCUT2D eigenvalue weighted by Gasteiger charge is -2.29. The van der Waals surface area contributed by atoms with Gasteiger partial charge in [-0.1, -0.05) is 217 Å². The van der Waals surface area contributed by atoms with Crippen LogP contribution in [-0.2, 0) is 18.4 Å². The molecule has 0 radical (unpaired) electrons. The summed E-state index contributed by atoms with van der Waals surface area (Å²) in [6, 6.07) is -0.901. The van der Waals surface area contributed by atoms with Gasteiger partial charge in [-0.2, -0.15) is 0 Å². The summed E-state index contributed by atoms with van der Waals surface area (Å²) in [6.45, 7) is 4.64. The Balaban J connectivity index is 4.23. The summed E-state index contributed by atoms with van der Waals surface area (Å²) < 4.78 is 23.3. The Hall–Kier alpha value is -1.28. The number of carbonyl (C=O) groups is 1. The average molecular weight is 895 g/mol. The fourth-order valence-corrected chi connectivity index (χ4v) is 8.36. The van der Waals surface area contributed by atoms with E-state index in [1.54, 1.807) is 6.08 Å². The number of hydrogen-bond donors (Lipinski definition) is 2. The molecule has 0 aromatic heterocycles. The van der Waals surface area contributed by atoms with Gasteiger partial charge in [0.15, 0.2) is 0 Å². The molecule has 0 saturated carbocycles. The van der Waals surface area contributed by atoms with Crippen LogP contribution >= 0.6 is 7.82 Å². The SMILES string of the molecule is CCCCCCCCCC/C=C\CCCCCCCCCCCCCCCC(=O)NC(COP(=O)([O-])OCC[N+](C)(C)C)C(O)/C=C/CC/C=C/CCCCCCCCCCC. The number of nitrogens with one attached hydrogen (secondary N) is 1. The predicted molar refractivity (Wildman–Crippen MR) is 265 cm³/mol. The fourth-order valence-electron chi connectivity index (χ4n) is 7.63. The van der Waals surface area contributed by atoms with Crippen molar-refractivity contribution < 1.29 is 32.9 Å². The van der Waals surface area contributed by atoms with Gasteiger partial charge in [0.1, 0.15) is 13.2 Å². The second kappa shape index (κ2) is 44.9. The molecule has 0 saturated heterocycles. The van der Waals surface area contributed by atoms with Crippen molar-refractivity contribution in [2.75, 3.05) is 40.9 Å². The molecule has 1 amide bonds. The van der Waals surface area contributed by atoms with E-state index >= 15 is 0 Å². The highest BCUT2D eigenvalue weighted by Crippen LogP contribution is 2.38. The molecule has 3 atom stereocenters. The van der Waals surface area contributed by atoms with Crippen LogP contribution < -0.4 is 10.2 Å². The van der Waals surface area contributed by atoms with E-state index < -0.39 is 26.6 Å². The molecule has 0 aliphatic rings. The van der Waals surface area contributed by atoms with Gasteiger partial charge in [0.25, 0.3) is 7.82 Å². The lowest BCUT2D eigenvalue weighted by molar-refractivity contribution is -0.870. The standard InChI is InChI=1S/C53H103N2O6P/c1-6-8-10-12-14-16-18-20-22-23-24-25-26-27-28-29-30-31-33-35-37-39-41-43-45-47-53(57)54-51(50-61-62(58,59)60-49-48-55(3,4)5)52(56)46-44-42-40-38-36-34-32-21-19-17-15-13-11-9-7-2/h23-24,36,38,44,46,51-52,56H,6-22,25-35,37,39-43,45,47-50H2,1-5H3,(H-,54,57,58,59)/b24-23-,38-36+,46-44+. The molecule has 0 rings (SSSR count). The van der Waals surface area contributed by atoms with Gasteiger partial charge in [-0.3, -0.25) is 9.36 Å². The number of nitrogens with zero attached hydrogens (tertiary/aromatic N) is 1. The van der Waals surface area contributed by atoms with Crippen molar-refractivity contribution in [3.8, 4) is 0 Å². The molecular formula is C53H103N2O6P. The third kappa shape index (κ3) is 46.7. The van der Waals surface area contributed by atoms with Crippen molar-refractivity contribution in [2.45, 2.75) is 257 Å². The number of phosphoric acid groups is 1. The maximum atomic E-state index is 12.9. The molecule has 3 unspecified atom stereocenters. The summed E-state index contributed by atoms with van der Waals surface area (Å²) in [6.07, 6.45) is 56.4. The molecule has 0 aliphatic heterocycles. The Bertz CT molecular complexity index is 1110. The average Bonchev–Trinajstić information content (AvgIpc) is 3.23. The third-order valence-electron chi connectivity index (χ3n) is 11.8. The Morgan fingerprint density at radius 1 is 0.548 bits per heavy atom. The van der Waals surface area contributed by atoms with Gasteiger partial charge in [0.2, 0.25) is 5.91 Å². The zero-order valence-electron chi connectivity index (χ0n) is 41.6. The molecule has 0 fully saturated rings. The smallest absolute Gasteiger partial charge is 0.268 e. The van der Waals surface area contributed by atoms with Crippen LogP contribution in [0.15, 0.2) is 36.5 Å². The highest BCUT2D eigenvalue weighted by molar-refractivity contribution is 7.45. The number of phosphoric ester groups is 1. The van der Waals surface area contributed by atoms with Gasteiger partial charge in [0.05, 0.1) is 39.9 Å². The minimum Gasteiger partial charge on any atom is -0.756 e. The van der Waals surface area contributed by atoms with Gasteiger partial charge in [-0.05, 0) is 57.8 Å². The van der Waals surface area contributed by atoms with Crippen LogP contribution in [0.5, 0.6) is 0 Å². The molecule has 0 aromatic rings. The Kier molecular flexibility index (Phi) is 44.0. The molecule has 8 nitrogen and oxygen atoms in total. The molecule has 2 N–H and O–H groups in total. The molecule has 0 bridgehead atoms. The van der Waals surface area contributed by atoms with Crippen LogP contribution in [0.1, 0.15) is 245 Å². The van der Waals surface area contributed by atoms with Gasteiger partial charge >= 0.3 is 0 Å². The number of likely N-dealkylation sites (N-methyl/N-ethyl adjacent to an activating group) is 1. The summed E-state index contributed by atoms with van der Waals surface area (Å²) >= 11 is 0. The number of unbranched alkanes of at least 4 members (excludes halogenated alkanes) is 31. The summed E-state index contributed by atoms with van der Waals surface area (Å²) in [4.78, 5) is 25.4. The van der Waals surface area contributed by atoms with Crippen LogP contribution in [0.4, 0.5) is 0 Å². The van der Waals surface area contributed by atoms with E-state index in [1.807, 2.05) is 27.2 Å². The first-order chi connectivity index (χ1) is 30.0. The van der Waals surface area contributed by atoms with Gasteiger partial charge < -0.3 is 28.8 Å². The van der Waals surface area contributed by atoms with Crippen molar-refractivity contribution in [2.24, 2.45) is 0 Å². The first-order valence-electron chi connectivity index (χ1n) is 26.4. The lowest BCUT2D eigenvalue weighted by atomic mass is 10.0. The van der Waals surface area contributed by atoms with Crippen LogP contribution in [0.2, 0.25) is 0 Å². The maximum Gasteiger partial charge on any atom is 0.268 e. The van der Waals surface area contributed by atoms with Crippen molar-refractivity contribution >= 4 is 13.7 Å². The summed E-state index contributed by atoms with van der Waals surface area (Å²) in [5.41, 5.74) is 0. The van der Waals surface area contributed by atoms with Gasteiger partial charge in [0, 0.05) is 6.42 Å². The zero-order chi connectivity index (χ0) is 45.7. The first kappa shape index (κ1) is 60.7. The minimum atomic E-state index is -4.60. The Labute approximate surface area is 385 Å². The summed E-state index contributed by atoms with van der Waals surface area (Å²) in [5, 5.41) is 13.8. The summed E-state index contributed by atoms with van der Waals surface area (Å²) in [7, 11) is 1.25. The molecule has 62 heavy (non-hydrogen) atoms. The number of amides is 1. The number of aliphatic hydroxyl groups is 1. The van der Waals surface area contributed by atoms with E-state index in [-0.39, 0.29) is 12.5 Å². The fraction of sp³-hybridized carbons (Fsp3) is 0.868. The molecule has 0 aliphatic carbocycles. The quantitative estimate of drug-likeness (QED) is 0.0273. The number of aliphatic hydroxyl groups excluding tert-OH is 1. The van der Waals surface area contributed by atoms with E-state index in [0.717, 1.165) is 38.5 Å². The molecule has 0 aromatic carbocycles. The van der Waals surface area contributed by atoms with E-state index in [0.29, 0.717) is 17.4 Å². The highest BCUT2D eigenvalue weighted by atomic mass is 31.2. The third-order valence-corrected chi connectivity index (χ3v) is 12.8. The van der Waals surface area contributed by atoms with E-state index in [4.69, 9.17) is 9.05 Å². The minimum absolute atomic E-state index is 0.00564. The molecule has 0 heterocycles. The zero-order valence-corrected chi connectivity index (χ0v) is 42.5. The number of hydrogen-bond acceptors (Lipinski definition) is 6. The van der Waals surface area contributed by atoms with Gasteiger partial charge in [-0.15, -0.1) is 0 Å². The number of allylic oxidation sites excluding steroid dienone is 5. The molecule has 9 heteroatoms. The van der Waals surface area contributed by atoms with Crippen molar-refractivity contribution in [3.05, 3.63) is 36.5 Å². The monoisotopic (exact) mass is 895 g/mol. The van der Waals surface area contributed by atoms with Crippen molar-refractivity contribution in [1.82, 2.24) is 5.32 Å². The first-order valence-corrected chi connectivity index (χ1v) is 27.8. The van der Waals surface area contributed by atoms with Crippen LogP contribution in [0.3, 0.4) is 0 Å². The van der Waals surface area contributed by atoms with E-state index in [1.165, 1.54) is 186 Å². The number of rotatable bonds is 48. The predicted octanol–water partition coefficient (Wildman–Crippen LogP) is 14.8. The normalized spacial score (nSPS) is 14.4. The van der Waals surface area contributed by atoms with Crippen molar-refractivity contribution in [3.63, 3.8) is 0 Å². The topological polar surface area (TPSA) is 108 Å². The highest BCUT2D eigenvalue weighted by Gasteiger charge is 2.23. The largest absolute Gasteiger partial charge is 0.756 e. The Morgan fingerprint density at radius 2 is 0.903 bits per heavy atom. The lowest BCUT2D eigenvalue weighted by Crippen LogP contribution is -2.45. The molecule has 0 spiro atoms. The van der Waals surface area contributed by atoms with Crippen LogP contribution in [-0.4, -0.2) is 68.5 Å². The van der Waals surface area contributed by atoms with Crippen molar-refractivity contribution in [1.29, 1.82) is 0 Å². The number of carbonyl (C=O) groups excluding carboxylic acids is 1. The van der Waals surface area contributed by atoms with E-state index in [9.17, 15) is 19.4 Å². The van der Waals surface area contributed by atoms with E-state index in [2.05, 4.69) is 43.5 Å². The number of quaternary nitrogens is 1. The molecular weight excluding hydrogens is 792 g/mol. The second-order valence-electron chi connectivity index (χ2n) is 19.2. The Morgan fingerprint density at radius 3 is 1.31 bits per heavy atom. The maximum absolute atomic E-state index is 12.9. The summed E-state index contributed by atoms with van der Waals surface area (Å²) in [5.74, 6) is -0.206. The van der Waals surface area contributed by atoms with Gasteiger partial charge in [-0.25, -0.2) is 0 Å².